The first-order valence-electron chi connectivity index (χ1n) is 10.5. The van der Waals surface area contributed by atoms with Gasteiger partial charge in [-0.1, -0.05) is 24.3 Å². The molecule has 1 amide bonds. The van der Waals surface area contributed by atoms with Gasteiger partial charge in [0.15, 0.2) is 0 Å². The fourth-order valence-electron chi connectivity index (χ4n) is 3.89. The lowest BCUT2D eigenvalue weighted by atomic mass is 9.96. The SMILES string of the molecule is Cc1ccccc1-c1ccncc1C(=O)N(Cc1cc(C(F)(F)F)cc(C(F)(F)F)c1)C1CC1.Cl. The Balaban J connectivity index is 0.00000342. The van der Waals surface area contributed by atoms with Crippen LogP contribution >= 0.6 is 12.4 Å². The minimum absolute atomic E-state index is 0. The first kappa shape index (κ1) is 26.5. The quantitative estimate of drug-likeness (QED) is 0.334. The molecule has 10 heteroatoms. The molecule has 0 spiro atoms. The minimum Gasteiger partial charge on any atom is -0.331 e. The molecule has 0 N–H and O–H groups in total. The van der Waals surface area contributed by atoms with Gasteiger partial charge in [0, 0.05) is 25.0 Å². The van der Waals surface area contributed by atoms with Crippen molar-refractivity contribution in [1.82, 2.24) is 9.88 Å². The second-order valence-corrected chi connectivity index (χ2v) is 8.31. The molecule has 0 unspecified atom stereocenters. The molecule has 3 aromatic rings. The summed E-state index contributed by atoms with van der Waals surface area (Å²) in [6, 6.07) is 10.2. The van der Waals surface area contributed by atoms with Gasteiger partial charge in [0.2, 0.25) is 0 Å². The zero-order valence-corrected chi connectivity index (χ0v) is 19.3. The smallest absolute Gasteiger partial charge is 0.331 e. The molecule has 1 aliphatic rings. The van der Waals surface area contributed by atoms with E-state index in [0.29, 0.717) is 30.5 Å². The summed E-state index contributed by atoms with van der Waals surface area (Å²) in [7, 11) is 0. The molecule has 35 heavy (non-hydrogen) atoms. The predicted octanol–water partition coefficient (Wildman–Crippen LogP) is 7.32. The topological polar surface area (TPSA) is 33.2 Å². The molecule has 1 aromatic heterocycles. The van der Waals surface area contributed by atoms with E-state index in [-0.39, 0.29) is 42.2 Å². The van der Waals surface area contributed by atoms with Crippen molar-refractivity contribution in [3.63, 3.8) is 0 Å². The van der Waals surface area contributed by atoms with Crippen LogP contribution in [0.25, 0.3) is 11.1 Å². The van der Waals surface area contributed by atoms with Gasteiger partial charge in [0.1, 0.15) is 0 Å². The first-order chi connectivity index (χ1) is 15.9. The van der Waals surface area contributed by atoms with E-state index in [1.165, 1.54) is 17.3 Å². The third-order valence-electron chi connectivity index (χ3n) is 5.74. The summed E-state index contributed by atoms with van der Waals surface area (Å²) in [5.41, 5.74) is -0.486. The van der Waals surface area contributed by atoms with E-state index in [1.807, 2.05) is 31.2 Å². The lowest BCUT2D eigenvalue weighted by Gasteiger charge is -2.25. The monoisotopic (exact) mass is 514 g/mol. The van der Waals surface area contributed by atoms with Crippen LogP contribution in [0.2, 0.25) is 0 Å². The van der Waals surface area contributed by atoms with Gasteiger partial charge >= 0.3 is 12.4 Å². The number of carbonyl (C=O) groups excluding carboxylic acids is 1. The predicted molar refractivity (Wildman–Crippen MR) is 121 cm³/mol. The van der Waals surface area contributed by atoms with Gasteiger partial charge in [-0.05, 0) is 66.3 Å². The van der Waals surface area contributed by atoms with E-state index in [0.717, 1.165) is 11.1 Å². The third-order valence-corrected chi connectivity index (χ3v) is 5.74. The van der Waals surface area contributed by atoms with E-state index in [9.17, 15) is 31.1 Å². The molecule has 1 aliphatic carbocycles. The Bertz CT molecular complexity index is 1190. The molecule has 1 heterocycles. The van der Waals surface area contributed by atoms with E-state index in [1.54, 1.807) is 6.07 Å². The highest BCUT2D eigenvalue weighted by Crippen LogP contribution is 2.38. The fourth-order valence-corrected chi connectivity index (χ4v) is 3.89. The summed E-state index contributed by atoms with van der Waals surface area (Å²) < 4.78 is 79.7. The van der Waals surface area contributed by atoms with E-state index in [4.69, 9.17) is 0 Å². The summed E-state index contributed by atoms with van der Waals surface area (Å²) in [6.07, 6.45) is -5.75. The Hall–Kier alpha value is -3.07. The van der Waals surface area contributed by atoms with Crippen molar-refractivity contribution in [2.75, 3.05) is 0 Å². The fraction of sp³-hybridized carbons (Fsp3) is 0.280. The maximum Gasteiger partial charge on any atom is 0.416 e. The summed E-state index contributed by atoms with van der Waals surface area (Å²) >= 11 is 0. The largest absolute Gasteiger partial charge is 0.416 e. The number of amides is 1. The average Bonchev–Trinajstić information content (AvgIpc) is 3.61. The van der Waals surface area contributed by atoms with E-state index >= 15 is 0 Å². The van der Waals surface area contributed by atoms with Crippen molar-refractivity contribution in [2.24, 2.45) is 0 Å². The Morgan fingerprint density at radius 2 is 1.54 bits per heavy atom. The van der Waals surface area contributed by atoms with E-state index < -0.39 is 29.4 Å². The van der Waals surface area contributed by atoms with Gasteiger partial charge in [0.05, 0.1) is 16.7 Å². The number of nitrogens with zero attached hydrogens (tertiary/aromatic N) is 2. The summed E-state index contributed by atoms with van der Waals surface area (Å²) in [4.78, 5) is 18.9. The molecule has 0 saturated heterocycles. The lowest BCUT2D eigenvalue weighted by molar-refractivity contribution is -0.143. The maximum atomic E-state index is 13.5. The summed E-state index contributed by atoms with van der Waals surface area (Å²) in [5.74, 6) is -0.486. The van der Waals surface area contributed by atoms with Crippen LogP contribution in [0.1, 0.15) is 45.5 Å². The Kier molecular flexibility index (Phi) is 7.50. The Morgan fingerprint density at radius 1 is 0.943 bits per heavy atom. The first-order valence-corrected chi connectivity index (χ1v) is 10.5. The number of aromatic nitrogens is 1. The third kappa shape index (κ3) is 5.96. The van der Waals surface area contributed by atoms with Crippen molar-refractivity contribution in [2.45, 2.75) is 44.7 Å². The standard InChI is InChI=1S/C25H20F6N2O.ClH/c1-15-4-2-3-5-20(15)21-8-9-32-13-22(21)23(34)33(19-6-7-19)14-16-10-17(24(26,27)28)12-18(11-16)25(29,30)31;/h2-5,8-13,19H,6-7,14H2,1H3;1H. The van der Waals surface area contributed by atoms with Crippen LogP contribution in [0, 0.1) is 6.92 Å². The number of benzene rings is 2. The van der Waals surface area contributed by atoms with Crippen LogP contribution in [0.5, 0.6) is 0 Å². The normalized spacial score (nSPS) is 13.8. The van der Waals surface area contributed by atoms with Crippen LogP contribution in [0.3, 0.4) is 0 Å². The van der Waals surface area contributed by atoms with Crippen molar-refractivity contribution in [3.8, 4) is 11.1 Å². The van der Waals surface area contributed by atoms with Gasteiger partial charge < -0.3 is 4.90 Å². The van der Waals surface area contributed by atoms with Crippen LogP contribution in [0.4, 0.5) is 26.3 Å². The second-order valence-electron chi connectivity index (χ2n) is 8.31. The number of hydrogen-bond donors (Lipinski definition) is 0. The van der Waals surface area contributed by atoms with Gasteiger partial charge in [0.25, 0.3) is 5.91 Å². The van der Waals surface area contributed by atoms with Crippen LogP contribution < -0.4 is 0 Å². The van der Waals surface area contributed by atoms with Gasteiger partial charge in [-0.15, -0.1) is 12.4 Å². The molecule has 0 bridgehead atoms. The number of rotatable bonds is 5. The minimum atomic E-state index is -4.95. The van der Waals surface area contributed by atoms with Crippen molar-refractivity contribution >= 4 is 18.3 Å². The van der Waals surface area contributed by atoms with Gasteiger partial charge in [-0.25, -0.2) is 0 Å². The molecular weight excluding hydrogens is 494 g/mol. The zero-order valence-electron chi connectivity index (χ0n) is 18.5. The number of hydrogen-bond acceptors (Lipinski definition) is 2. The number of carbonyl (C=O) groups is 1. The molecular formula is C25H21ClF6N2O. The van der Waals surface area contributed by atoms with Crippen LogP contribution in [0.15, 0.2) is 60.9 Å². The molecule has 1 saturated carbocycles. The number of alkyl halides is 6. The molecule has 4 rings (SSSR count). The molecule has 2 aromatic carbocycles. The average molecular weight is 515 g/mol. The number of aryl methyl sites for hydroxylation is 1. The van der Waals surface area contributed by atoms with Gasteiger partial charge in [-0.3, -0.25) is 9.78 Å². The maximum absolute atomic E-state index is 13.5. The molecule has 0 aliphatic heterocycles. The molecule has 0 radical (unpaired) electrons. The van der Waals surface area contributed by atoms with Gasteiger partial charge in [-0.2, -0.15) is 26.3 Å². The number of pyridine rings is 1. The summed E-state index contributed by atoms with van der Waals surface area (Å²) in [6.45, 7) is 1.50. The molecule has 1 fully saturated rings. The van der Waals surface area contributed by atoms with E-state index in [2.05, 4.69) is 4.98 Å². The second kappa shape index (κ2) is 9.89. The van der Waals surface area contributed by atoms with Crippen molar-refractivity contribution in [3.05, 3.63) is 88.7 Å². The highest BCUT2D eigenvalue weighted by molar-refractivity contribution is 6.01. The van der Waals surface area contributed by atoms with Crippen molar-refractivity contribution in [1.29, 1.82) is 0 Å². The Morgan fingerprint density at radius 3 is 2.09 bits per heavy atom. The van der Waals surface area contributed by atoms with Crippen LogP contribution in [-0.4, -0.2) is 21.8 Å². The number of halogens is 7. The highest BCUT2D eigenvalue weighted by atomic mass is 35.5. The highest BCUT2D eigenvalue weighted by Gasteiger charge is 2.38. The van der Waals surface area contributed by atoms with Crippen molar-refractivity contribution < 1.29 is 31.1 Å². The molecule has 3 nitrogen and oxygen atoms in total. The lowest BCUT2D eigenvalue weighted by Crippen LogP contribution is -2.33. The zero-order chi connectivity index (χ0) is 24.7. The van der Waals surface area contributed by atoms with Crippen LogP contribution in [-0.2, 0) is 18.9 Å². The molecule has 186 valence electrons. The summed E-state index contributed by atoms with van der Waals surface area (Å²) in [5, 5.41) is 0. The Labute approximate surface area is 204 Å². The molecule has 0 atom stereocenters.